The summed E-state index contributed by atoms with van der Waals surface area (Å²) < 4.78 is 4.67. The van der Waals surface area contributed by atoms with E-state index in [0.717, 1.165) is 10.7 Å². The van der Waals surface area contributed by atoms with E-state index in [1.54, 1.807) is 11.3 Å². The highest BCUT2D eigenvalue weighted by atomic mass is 35.5. The number of carbonyl (C=O) groups excluding carboxylic acids is 1. The first-order valence-electron chi connectivity index (χ1n) is 6.69. The molecule has 0 spiro atoms. The number of hydrogen-bond donors (Lipinski definition) is 1. The highest BCUT2D eigenvalue weighted by Crippen LogP contribution is 2.32. The number of methoxy groups -OCH3 is 1. The fourth-order valence-electron chi connectivity index (χ4n) is 1.66. The fourth-order valence-corrected chi connectivity index (χ4v) is 3.90. The quantitative estimate of drug-likeness (QED) is 0.813. The van der Waals surface area contributed by atoms with Crippen molar-refractivity contribution in [2.24, 2.45) is 0 Å². The molecule has 0 aromatic carbocycles. The molecule has 0 aliphatic carbocycles. The van der Waals surface area contributed by atoms with Crippen LogP contribution in [0.25, 0.3) is 0 Å². The lowest BCUT2D eigenvalue weighted by molar-refractivity contribution is 0.0606. The minimum Gasteiger partial charge on any atom is -0.465 e. The summed E-state index contributed by atoms with van der Waals surface area (Å²) in [5.41, 5.74) is 1.09. The van der Waals surface area contributed by atoms with Gasteiger partial charge in [-0.2, -0.15) is 0 Å². The van der Waals surface area contributed by atoms with Crippen molar-refractivity contribution in [3.63, 3.8) is 0 Å². The van der Waals surface area contributed by atoms with E-state index in [1.807, 2.05) is 6.92 Å². The largest absolute Gasteiger partial charge is 0.465 e. The first kappa shape index (κ1) is 17.2. The van der Waals surface area contributed by atoms with Crippen LogP contribution >= 0.6 is 34.3 Å². The lowest BCUT2D eigenvalue weighted by Gasteiger charge is -2.15. The molecule has 1 unspecified atom stereocenters. The number of carbonyl (C=O) groups is 1. The first-order valence-corrected chi connectivity index (χ1v) is 8.77. The number of nitrogens with one attached hydrogen (secondary N) is 1. The average molecular weight is 360 g/mol. The minimum absolute atomic E-state index is 0.0196. The summed E-state index contributed by atoms with van der Waals surface area (Å²) in [4.78, 5) is 20.7. The summed E-state index contributed by atoms with van der Waals surface area (Å²) in [6.45, 7) is 8.39. The van der Waals surface area contributed by atoms with Gasteiger partial charge in [-0.25, -0.2) is 14.8 Å². The number of nitrogens with zero attached hydrogens (tertiary/aromatic N) is 2. The smallest absolute Gasteiger partial charge is 0.351 e. The first-order chi connectivity index (χ1) is 10.2. The van der Waals surface area contributed by atoms with Crippen LogP contribution in [0.2, 0.25) is 5.15 Å². The van der Waals surface area contributed by atoms with Crippen molar-refractivity contribution in [3.8, 4) is 0 Å². The van der Waals surface area contributed by atoms with Gasteiger partial charge in [-0.1, -0.05) is 43.7 Å². The molecule has 5 nitrogen and oxygen atoms in total. The average Bonchev–Trinajstić information content (AvgIpc) is 3.04. The van der Waals surface area contributed by atoms with E-state index in [9.17, 15) is 4.79 Å². The molecule has 2 aromatic heterocycles. The monoisotopic (exact) mass is 359 g/mol. The van der Waals surface area contributed by atoms with Crippen LogP contribution in [0.5, 0.6) is 0 Å². The molecular formula is C14H18ClN3O2S2. The van der Waals surface area contributed by atoms with Crippen LogP contribution < -0.4 is 5.32 Å². The molecule has 120 valence electrons. The normalized spacial score (nSPS) is 13.0. The number of thiazole rings is 2. The van der Waals surface area contributed by atoms with Crippen molar-refractivity contribution in [2.75, 3.05) is 12.4 Å². The number of esters is 1. The zero-order valence-corrected chi connectivity index (χ0v) is 15.4. The van der Waals surface area contributed by atoms with Crippen LogP contribution in [-0.2, 0) is 10.2 Å². The molecule has 0 aliphatic rings. The Morgan fingerprint density at radius 3 is 2.64 bits per heavy atom. The minimum atomic E-state index is -0.479. The summed E-state index contributed by atoms with van der Waals surface area (Å²) in [6, 6.07) is -0.0196. The van der Waals surface area contributed by atoms with Gasteiger partial charge in [-0.15, -0.1) is 11.3 Å². The van der Waals surface area contributed by atoms with Crippen LogP contribution in [0, 0.1) is 0 Å². The third-order valence-corrected chi connectivity index (χ3v) is 5.34. The second-order valence-electron chi connectivity index (χ2n) is 5.82. The molecule has 2 rings (SSSR count). The number of rotatable bonds is 4. The third kappa shape index (κ3) is 3.77. The van der Waals surface area contributed by atoms with E-state index in [1.165, 1.54) is 18.4 Å². The van der Waals surface area contributed by atoms with Gasteiger partial charge in [0.05, 0.1) is 18.8 Å². The standard InChI is InChI=1S/C14H18ClN3O2S2/c1-7(11-17-8(6-21-11)14(2,3)4)16-13-18-10(15)9(22-13)12(19)20-5/h6-7H,1-5H3,(H,16,18). The van der Waals surface area contributed by atoms with Crippen molar-refractivity contribution in [1.29, 1.82) is 0 Å². The topological polar surface area (TPSA) is 64.1 Å². The number of aromatic nitrogens is 2. The second kappa shape index (κ2) is 6.52. The number of halogens is 1. The van der Waals surface area contributed by atoms with Crippen molar-refractivity contribution in [2.45, 2.75) is 39.2 Å². The summed E-state index contributed by atoms with van der Waals surface area (Å²) in [5, 5.41) is 6.99. The summed E-state index contributed by atoms with van der Waals surface area (Å²) >= 11 is 8.74. The molecule has 0 radical (unpaired) electrons. The molecular weight excluding hydrogens is 342 g/mol. The number of ether oxygens (including phenoxy) is 1. The Morgan fingerprint density at radius 2 is 2.09 bits per heavy atom. The molecule has 0 saturated heterocycles. The molecule has 0 aliphatic heterocycles. The van der Waals surface area contributed by atoms with Crippen molar-refractivity contribution in [3.05, 3.63) is 26.1 Å². The highest BCUT2D eigenvalue weighted by Gasteiger charge is 2.21. The molecule has 2 aromatic rings. The van der Waals surface area contributed by atoms with Crippen molar-refractivity contribution >= 4 is 45.4 Å². The maximum absolute atomic E-state index is 11.5. The SMILES string of the molecule is COC(=O)c1sc(NC(C)c2nc(C(C)(C)C)cs2)nc1Cl. The zero-order chi connectivity index (χ0) is 16.5. The molecule has 0 fully saturated rings. The van der Waals surface area contributed by atoms with Gasteiger partial charge in [0.2, 0.25) is 0 Å². The lowest BCUT2D eigenvalue weighted by atomic mass is 9.93. The van der Waals surface area contributed by atoms with E-state index >= 15 is 0 Å². The van der Waals surface area contributed by atoms with Gasteiger partial charge in [0.25, 0.3) is 0 Å². The predicted octanol–water partition coefficient (Wildman–Crippen LogP) is 4.51. The van der Waals surface area contributed by atoms with Crippen LogP contribution in [0.15, 0.2) is 5.38 Å². The van der Waals surface area contributed by atoms with Gasteiger partial charge in [0, 0.05) is 10.8 Å². The van der Waals surface area contributed by atoms with Crippen LogP contribution in [0.3, 0.4) is 0 Å². The molecule has 22 heavy (non-hydrogen) atoms. The van der Waals surface area contributed by atoms with E-state index < -0.39 is 5.97 Å². The Labute approximate surface area is 142 Å². The molecule has 0 bridgehead atoms. The summed E-state index contributed by atoms with van der Waals surface area (Å²) in [7, 11) is 1.32. The Hall–Kier alpha value is -1.18. The molecule has 1 N–H and O–H groups in total. The lowest BCUT2D eigenvalue weighted by Crippen LogP contribution is -2.13. The zero-order valence-electron chi connectivity index (χ0n) is 13.1. The Balaban J connectivity index is 2.14. The highest BCUT2D eigenvalue weighted by molar-refractivity contribution is 7.18. The maximum atomic E-state index is 11.5. The molecule has 1 atom stereocenters. The van der Waals surface area contributed by atoms with Crippen LogP contribution in [0.1, 0.15) is 54.1 Å². The van der Waals surface area contributed by atoms with Gasteiger partial charge in [0.1, 0.15) is 5.01 Å². The number of hydrogen-bond acceptors (Lipinski definition) is 7. The molecule has 2 heterocycles. The molecule has 0 amide bonds. The molecule has 0 saturated carbocycles. The number of anilines is 1. The fraction of sp³-hybridized carbons (Fsp3) is 0.500. The van der Waals surface area contributed by atoms with E-state index in [2.05, 4.69) is 46.2 Å². The van der Waals surface area contributed by atoms with Gasteiger partial charge >= 0.3 is 5.97 Å². The van der Waals surface area contributed by atoms with E-state index in [4.69, 9.17) is 11.6 Å². The van der Waals surface area contributed by atoms with Crippen LogP contribution in [0.4, 0.5) is 5.13 Å². The predicted molar refractivity (Wildman–Crippen MR) is 91.3 cm³/mol. The van der Waals surface area contributed by atoms with Gasteiger partial charge in [-0.3, -0.25) is 0 Å². The Bertz CT molecular complexity index is 676. The molecule has 8 heteroatoms. The van der Waals surface area contributed by atoms with Crippen LogP contribution in [-0.4, -0.2) is 23.0 Å². The second-order valence-corrected chi connectivity index (χ2v) is 8.06. The van der Waals surface area contributed by atoms with E-state index in [0.29, 0.717) is 10.0 Å². The Morgan fingerprint density at radius 1 is 1.41 bits per heavy atom. The summed E-state index contributed by atoms with van der Waals surface area (Å²) in [5.74, 6) is -0.479. The van der Waals surface area contributed by atoms with Gasteiger partial charge in [0.15, 0.2) is 15.2 Å². The third-order valence-electron chi connectivity index (χ3n) is 2.96. The maximum Gasteiger partial charge on any atom is 0.351 e. The van der Waals surface area contributed by atoms with Crippen molar-refractivity contribution in [1.82, 2.24) is 9.97 Å². The van der Waals surface area contributed by atoms with Gasteiger partial charge in [-0.05, 0) is 6.92 Å². The van der Waals surface area contributed by atoms with Gasteiger partial charge < -0.3 is 10.1 Å². The summed E-state index contributed by atoms with van der Waals surface area (Å²) in [6.07, 6.45) is 0. The van der Waals surface area contributed by atoms with E-state index in [-0.39, 0.29) is 16.6 Å². The van der Waals surface area contributed by atoms with Crippen molar-refractivity contribution < 1.29 is 9.53 Å². The Kier molecular flexibility index (Phi) is 5.09.